The molecule has 1 N–H and O–H groups in total. The largest absolute Gasteiger partial charge is 0.310 e. The van der Waals surface area contributed by atoms with Gasteiger partial charge in [-0.05, 0) is 49.3 Å². The predicted molar refractivity (Wildman–Crippen MR) is 92.7 cm³/mol. The van der Waals surface area contributed by atoms with Crippen molar-refractivity contribution in [2.45, 2.75) is 77.7 Å². The van der Waals surface area contributed by atoms with Crippen LogP contribution in [0.2, 0.25) is 0 Å². The fourth-order valence-corrected chi connectivity index (χ4v) is 3.86. The van der Waals surface area contributed by atoms with E-state index in [9.17, 15) is 0 Å². The summed E-state index contributed by atoms with van der Waals surface area (Å²) in [6, 6.07) is 9.70. The molecule has 0 saturated carbocycles. The number of nitrogens with one attached hydrogen (secondary N) is 1. The number of aryl methyl sites for hydroxylation is 1. The molecule has 0 amide bonds. The average Bonchev–Trinajstić information content (AvgIpc) is 2.68. The molecule has 0 bridgehead atoms. The van der Waals surface area contributed by atoms with Crippen LogP contribution in [-0.4, -0.2) is 6.54 Å². The second kappa shape index (κ2) is 9.25. The maximum absolute atomic E-state index is 3.78. The van der Waals surface area contributed by atoms with E-state index in [0.717, 1.165) is 12.5 Å². The Morgan fingerprint density at radius 2 is 1.86 bits per heavy atom. The molecule has 0 aliphatic heterocycles. The Morgan fingerprint density at radius 1 is 1.05 bits per heavy atom. The first-order valence-electron chi connectivity index (χ1n) is 9.18. The smallest absolute Gasteiger partial charge is 0.0351 e. The maximum Gasteiger partial charge on any atom is 0.0351 e. The lowest BCUT2D eigenvalue weighted by Crippen LogP contribution is -2.28. The summed E-state index contributed by atoms with van der Waals surface area (Å²) in [7, 11) is 0. The second-order valence-electron chi connectivity index (χ2n) is 6.59. The van der Waals surface area contributed by atoms with Gasteiger partial charge in [-0.2, -0.15) is 0 Å². The van der Waals surface area contributed by atoms with Gasteiger partial charge in [-0.15, -0.1) is 0 Å². The number of fused-ring (bicyclic) bond motifs is 1. The highest BCUT2D eigenvalue weighted by molar-refractivity contribution is 5.31. The first-order valence-corrected chi connectivity index (χ1v) is 9.18. The first-order chi connectivity index (χ1) is 10.4. The van der Waals surface area contributed by atoms with Crippen LogP contribution in [0.1, 0.15) is 82.4 Å². The van der Waals surface area contributed by atoms with Crippen molar-refractivity contribution in [3.05, 3.63) is 35.4 Å². The molecule has 1 aromatic rings. The molecule has 0 heterocycles. The van der Waals surface area contributed by atoms with Crippen LogP contribution < -0.4 is 5.32 Å². The van der Waals surface area contributed by atoms with E-state index in [1.54, 1.807) is 11.1 Å². The Morgan fingerprint density at radius 3 is 2.67 bits per heavy atom. The molecule has 2 unspecified atom stereocenters. The van der Waals surface area contributed by atoms with Gasteiger partial charge in [0.05, 0.1) is 0 Å². The Balaban J connectivity index is 1.98. The van der Waals surface area contributed by atoms with Gasteiger partial charge in [0.15, 0.2) is 0 Å². The fourth-order valence-electron chi connectivity index (χ4n) is 3.86. The molecule has 1 aromatic carbocycles. The molecule has 118 valence electrons. The zero-order valence-corrected chi connectivity index (χ0v) is 14.0. The van der Waals surface area contributed by atoms with Crippen molar-refractivity contribution >= 4 is 0 Å². The van der Waals surface area contributed by atoms with Gasteiger partial charge < -0.3 is 5.32 Å². The minimum atomic E-state index is 0.583. The van der Waals surface area contributed by atoms with E-state index in [2.05, 4.69) is 43.4 Å². The molecule has 2 atom stereocenters. The van der Waals surface area contributed by atoms with Crippen LogP contribution in [0.3, 0.4) is 0 Å². The zero-order chi connectivity index (χ0) is 14.9. The lowest BCUT2D eigenvalue weighted by Gasteiger charge is -2.27. The minimum absolute atomic E-state index is 0.583. The molecule has 1 heteroatoms. The van der Waals surface area contributed by atoms with Crippen LogP contribution in [-0.2, 0) is 6.42 Å². The quantitative estimate of drug-likeness (QED) is 0.481. The van der Waals surface area contributed by atoms with E-state index < -0.39 is 0 Å². The summed E-state index contributed by atoms with van der Waals surface area (Å²) in [5, 5.41) is 3.78. The number of hydrogen-bond donors (Lipinski definition) is 1. The normalized spacial score (nSPS) is 21.8. The number of rotatable bonds is 8. The molecule has 0 radical (unpaired) electrons. The molecule has 0 fully saturated rings. The van der Waals surface area contributed by atoms with Crippen LogP contribution in [0.5, 0.6) is 0 Å². The standard InChI is InChI=1S/C20H33N/c1-3-5-6-7-8-13-18-15-11-14-17-12-9-10-16-19(17)20(18)21-4-2/h9-10,12,16,18,20-21H,3-8,11,13-15H2,1-2H3. The van der Waals surface area contributed by atoms with Crippen molar-refractivity contribution in [1.82, 2.24) is 5.32 Å². The van der Waals surface area contributed by atoms with Crippen molar-refractivity contribution in [2.24, 2.45) is 5.92 Å². The molecule has 1 aliphatic carbocycles. The molecule has 0 spiro atoms. The van der Waals surface area contributed by atoms with Crippen LogP contribution >= 0.6 is 0 Å². The molecule has 1 aliphatic rings. The summed E-state index contributed by atoms with van der Waals surface area (Å²) in [5.41, 5.74) is 3.16. The van der Waals surface area contributed by atoms with Crippen LogP contribution in [0.4, 0.5) is 0 Å². The molecular formula is C20H33N. The number of unbranched alkanes of at least 4 members (excludes halogenated alkanes) is 4. The third-order valence-electron chi connectivity index (χ3n) is 4.99. The summed E-state index contributed by atoms with van der Waals surface area (Å²) in [5.74, 6) is 0.829. The van der Waals surface area contributed by atoms with Gasteiger partial charge in [0.1, 0.15) is 0 Å². The van der Waals surface area contributed by atoms with E-state index >= 15 is 0 Å². The highest BCUT2D eigenvalue weighted by Gasteiger charge is 2.26. The molecule has 0 saturated heterocycles. The number of hydrogen-bond acceptors (Lipinski definition) is 1. The molecular weight excluding hydrogens is 254 g/mol. The Kier molecular flexibility index (Phi) is 7.29. The third kappa shape index (κ3) is 4.85. The Hall–Kier alpha value is -0.820. The summed E-state index contributed by atoms with van der Waals surface area (Å²) in [6.07, 6.45) is 12.4. The average molecular weight is 287 g/mol. The SMILES string of the molecule is CCCCCCCC1CCCc2ccccc2C1NCC. The molecule has 0 aromatic heterocycles. The lowest BCUT2D eigenvalue weighted by atomic mass is 9.86. The van der Waals surface area contributed by atoms with Crippen molar-refractivity contribution in [3.8, 4) is 0 Å². The van der Waals surface area contributed by atoms with Gasteiger partial charge >= 0.3 is 0 Å². The summed E-state index contributed by atoms with van der Waals surface area (Å²) < 4.78 is 0. The lowest BCUT2D eigenvalue weighted by molar-refractivity contribution is 0.317. The summed E-state index contributed by atoms with van der Waals surface area (Å²) in [6.45, 7) is 5.61. The maximum atomic E-state index is 3.78. The minimum Gasteiger partial charge on any atom is -0.310 e. The van der Waals surface area contributed by atoms with E-state index in [1.807, 2.05) is 0 Å². The Bertz CT molecular complexity index is 399. The van der Waals surface area contributed by atoms with Crippen LogP contribution in [0.25, 0.3) is 0 Å². The van der Waals surface area contributed by atoms with Gasteiger partial charge in [-0.1, -0.05) is 70.2 Å². The molecule has 1 nitrogen and oxygen atoms in total. The van der Waals surface area contributed by atoms with E-state index in [1.165, 1.54) is 57.8 Å². The highest BCUT2D eigenvalue weighted by Crippen LogP contribution is 2.36. The van der Waals surface area contributed by atoms with Crippen LogP contribution in [0, 0.1) is 5.92 Å². The number of benzene rings is 1. The molecule has 2 rings (SSSR count). The van der Waals surface area contributed by atoms with E-state index in [4.69, 9.17) is 0 Å². The monoisotopic (exact) mass is 287 g/mol. The summed E-state index contributed by atoms with van der Waals surface area (Å²) >= 11 is 0. The molecule has 21 heavy (non-hydrogen) atoms. The van der Waals surface area contributed by atoms with Crippen molar-refractivity contribution in [1.29, 1.82) is 0 Å². The first kappa shape index (κ1) is 16.5. The van der Waals surface area contributed by atoms with Crippen molar-refractivity contribution in [3.63, 3.8) is 0 Å². The topological polar surface area (TPSA) is 12.0 Å². The van der Waals surface area contributed by atoms with Gasteiger partial charge in [-0.3, -0.25) is 0 Å². The van der Waals surface area contributed by atoms with Crippen molar-refractivity contribution < 1.29 is 0 Å². The van der Waals surface area contributed by atoms with E-state index in [-0.39, 0.29) is 0 Å². The Labute approximate surface area is 131 Å². The fraction of sp³-hybridized carbons (Fsp3) is 0.700. The summed E-state index contributed by atoms with van der Waals surface area (Å²) in [4.78, 5) is 0. The predicted octanol–water partition coefficient (Wildman–Crippen LogP) is 5.65. The van der Waals surface area contributed by atoms with Gasteiger partial charge in [0.25, 0.3) is 0 Å². The van der Waals surface area contributed by atoms with Crippen molar-refractivity contribution in [2.75, 3.05) is 6.54 Å². The van der Waals surface area contributed by atoms with E-state index in [0.29, 0.717) is 6.04 Å². The third-order valence-corrected chi connectivity index (χ3v) is 4.99. The van der Waals surface area contributed by atoms with Gasteiger partial charge in [0.2, 0.25) is 0 Å². The second-order valence-corrected chi connectivity index (χ2v) is 6.59. The zero-order valence-electron chi connectivity index (χ0n) is 14.0. The van der Waals surface area contributed by atoms with Crippen LogP contribution in [0.15, 0.2) is 24.3 Å². The van der Waals surface area contributed by atoms with Gasteiger partial charge in [0, 0.05) is 6.04 Å². The highest BCUT2D eigenvalue weighted by atomic mass is 14.9. The van der Waals surface area contributed by atoms with Gasteiger partial charge in [-0.25, -0.2) is 0 Å².